The molecule has 1 rings (SSSR count). The van der Waals surface area contributed by atoms with Crippen molar-refractivity contribution in [3.8, 4) is 0 Å². The van der Waals surface area contributed by atoms with Crippen LogP contribution in [0.5, 0.6) is 0 Å². The summed E-state index contributed by atoms with van der Waals surface area (Å²) in [5.41, 5.74) is 0. The van der Waals surface area contributed by atoms with Gasteiger partial charge in [-0.15, -0.1) is 0 Å². The Morgan fingerprint density at radius 1 is 1.54 bits per heavy atom. The molecular weight excluding hydrogens is 196 g/mol. The zero-order valence-electron chi connectivity index (χ0n) is 7.64. The quantitative estimate of drug-likeness (QED) is 0.756. The van der Waals surface area contributed by atoms with Crippen molar-refractivity contribution in [3.63, 3.8) is 0 Å². The molecule has 3 nitrogen and oxygen atoms in total. The first-order chi connectivity index (χ1) is 5.84. The smallest absolute Gasteiger partial charge is 0.297 e. The molecule has 0 bridgehead atoms. The molecule has 0 fully saturated rings. The minimum Gasteiger partial charge on any atom is -0.297 e. The Morgan fingerprint density at radius 2 is 2.08 bits per heavy atom. The van der Waals surface area contributed by atoms with Crippen LogP contribution in [0.4, 0.5) is 8.78 Å². The highest BCUT2D eigenvalue weighted by Crippen LogP contribution is 2.26. The maximum Gasteiger partial charge on any atom is 0.303 e. The second-order valence-electron chi connectivity index (χ2n) is 3.20. The molecule has 0 aliphatic carbocycles. The number of alkyl halides is 2. The number of rotatable bonds is 2. The molecule has 0 unspecified atom stereocenters. The fraction of sp³-hybridized carbons (Fsp3) is 0.714. The average Bonchev–Trinajstić information content (AvgIpc) is 2.28. The first-order valence-corrected chi connectivity index (χ1v) is 4.30. The molecule has 0 radical (unpaired) electrons. The summed E-state index contributed by atoms with van der Waals surface area (Å²) in [5.74, 6) is -3.27. The van der Waals surface area contributed by atoms with Gasteiger partial charge in [0.15, 0.2) is 4.77 Å². The van der Waals surface area contributed by atoms with Crippen molar-refractivity contribution >= 4 is 12.2 Å². The van der Waals surface area contributed by atoms with Gasteiger partial charge in [-0.2, -0.15) is 13.9 Å². The molecule has 0 amide bonds. The first kappa shape index (κ1) is 10.3. The average molecular weight is 207 g/mol. The summed E-state index contributed by atoms with van der Waals surface area (Å²) >= 11 is 4.83. The van der Waals surface area contributed by atoms with Gasteiger partial charge >= 0.3 is 5.92 Å². The zero-order chi connectivity index (χ0) is 10.2. The molecule has 0 saturated carbocycles. The Hall–Kier alpha value is -0.780. The van der Waals surface area contributed by atoms with Gasteiger partial charge in [0.1, 0.15) is 0 Å². The van der Waals surface area contributed by atoms with Crippen LogP contribution in [0, 0.1) is 4.77 Å². The molecule has 0 aromatic carbocycles. The SMILES string of the molecule is CC(C)n1c(C(C)(F)F)n[nH]c1=S. The Kier molecular flexibility index (Phi) is 2.51. The topological polar surface area (TPSA) is 33.6 Å². The van der Waals surface area contributed by atoms with Crippen LogP contribution in [0.25, 0.3) is 0 Å². The standard InChI is InChI=1S/C7H11F2N3S/c1-4(2)12-5(7(3,8)9)10-11-6(12)13/h4H,1-3H3,(H,11,13). The van der Waals surface area contributed by atoms with Crippen LogP contribution < -0.4 is 0 Å². The number of aromatic amines is 1. The lowest BCUT2D eigenvalue weighted by Gasteiger charge is -2.14. The van der Waals surface area contributed by atoms with Crippen LogP contribution in [0.1, 0.15) is 32.6 Å². The summed E-state index contributed by atoms with van der Waals surface area (Å²) in [6, 6.07) is -0.118. The molecule has 1 aromatic rings. The number of hydrogen-bond acceptors (Lipinski definition) is 2. The van der Waals surface area contributed by atoms with Crippen LogP contribution >= 0.6 is 12.2 Å². The molecule has 0 spiro atoms. The minimum absolute atomic E-state index is 0.118. The molecule has 6 heteroatoms. The van der Waals surface area contributed by atoms with Crippen molar-refractivity contribution in [2.75, 3.05) is 0 Å². The maximum atomic E-state index is 12.9. The molecule has 74 valence electrons. The predicted octanol–water partition coefficient (Wildman–Crippen LogP) is 2.63. The third-order valence-corrected chi connectivity index (χ3v) is 1.90. The molecule has 0 aliphatic heterocycles. The van der Waals surface area contributed by atoms with Crippen LogP contribution in [0.3, 0.4) is 0 Å². The van der Waals surface area contributed by atoms with Gasteiger partial charge in [0.2, 0.25) is 5.82 Å². The monoisotopic (exact) mass is 207 g/mol. The lowest BCUT2D eigenvalue weighted by atomic mass is 10.3. The van der Waals surface area contributed by atoms with E-state index in [2.05, 4.69) is 10.2 Å². The van der Waals surface area contributed by atoms with E-state index in [1.165, 1.54) is 4.57 Å². The van der Waals surface area contributed by atoms with Crippen LogP contribution in [0.15, 0.2) is 0 Å². The highest BCUT2D eigenvalue weighted by atomic mass is 32.1. The number of aromatic nitrogens is 3. The Morgan fingerprint density at radius 3 is 2.38 bits per heavy atom. The van der Waals surface area contributed by atoms with E-state index in [0.717, 1.165) is 6.92 Å². The summed E-state index contributed by atoms with van der Waals surface area (Å²) < 4.78 is 27.4. The van der Waals surface area contributed by atoms with Crippen molar-refractivity contribution in [1.82, 2.24) is 14.8 Å². The van der Waals surface area contributed by atoms with Gasteiger partial charge in [-0.25, -0.2) is 0 Å². The summed E-state index contributed by atoms with van der Waals surface area (Å²) in [4.78, 5) is 0. The maximum absolute atomic E-state index is 12.9. The van der Waals surface area contributed by atoms with Gasteiger partial charge in [-0.1, -0.05) is 0 Å². The van der Waals surface area contributed by atoms with E-state index in [-0.39, 0.29) is 16.6 Å². The van der Waals surface area contributed by atoms with E-state index >= 15 is 0 Å². The van der Waals surface area contributed by atoms with Gasteiger partial charge < -0.3 is 0 Å². The van der Waals surface area contributed by atoms with Crippen molar-refractivity contribution < 1.29 is 8.78 Å². The molecule has 1 heterocycles. The minimum atomic E-state index is -2.96. The molecule has 1 aromatic heterocycles. The highest BCUT2D eigenvalue weighted by molar-refractivity contribution is 7.71. The number of hydrogen-bond donors (Lipinski definition) is 1. The van der Waals surface area contributed by atoms with Gasteiger partial charge in [-0.3, -0.25) is 9.67 Å². The van der Waals surface area contributed by atoms with Crippen molar-refractivity contribution in [1.29, 1.82) is 0 Å². The van der Waals surface area contributed by atoms with Crippen molar-refractivity contribution in [2.45, 2.75) is 32.7 Å². The van der Waals surface area contributed by atoms with E-state index in [4.69, 9.17) is 12.2 Å². The third-order valence-electron chi connectivity index (χ3n) is 1.61. The van der Waals surface area contributed by atoms with E-state index in [9.17, 15) is 8.78 Å². The van der Waals surface area contributed by atoms with E-state index in [1.807, 2.05) is 0 Å². The Labute approximate surface area is 79.8 Å². The molecule has 1 N–H and O–H groups in total. The molecular formula is C7H11F2N3S. The second kappa shape index (κ2) is 3.17. The number of halogens is 2. The molecule has 13 heavy (non-hydrogen) atoms. The van der Waals surface area contributed by atoms with E-state index < -0.39 is 5.92 Å². The third kappa shape index (κ3) is 1.93. The Bertz CT molecular complexity index is 347. The predicted molar refractivity (Wildman–Crippen MR) is 47.4 cm³/mol. The summed E-state index contributed by atoms with van der Waals surface area (Å²) in [6.45, 7) is 4.36. The van der Waals surface area contributed by atoms with Crippen molar-refractivity contribution in [2.24, 2.45) is 0 Å². The lowest BCUT2D eigenvalue weighted by Crippen LogP contribution is -2.17. The largest absolute Gasteiger partial charge is 0.303 e. The van der Waals surface area contributed by atoms with E-state index in [0.29, 0.717) is 0 Å². The van der Waals surface area contributed by atoms with Gasteiger partial charge in [0, 0.05) is 13.0 Å². The van der Waals surface area contributed by atoms with Crippen LogP contribution in [-0.2, 0) is 5.92 Å². The van der Waals surface area contributed by atoms with Crippen molar-refractivity contribution in [3.05, 3.63) is 10.6 Å². The summed E-state index contributed by atoms with van der Waals surface area (Å²) in [5, 5.41) is 5.86. The van der Waals surface area contributed by atoms with Gasteiger partial charge in [0.05, 0.1) is 0 Å². The lowest BCUT2D eigenvalue weighted by molar-refractivity contribution is 0.00267. The van der Waals surface area contributed by atoms with Crippen LogP contribution in [-0.4, -0.2) is 14.8 Å². The fourth-order valence-corrected chi connectivity index (χ4v) is 1.44. The van der Waals surface area contributed by atoms with Crippen LogP contribution in [0.2, 0.25) is 0 Å². The summed E-state index contributed by atoms with van der Waals surface area (Å²) in [6.07, 6.45) is 0. The Balaban J connectivity index is 3.32. The molecule has 0 atom stereocenters. The highest BCUT2D eigenvalue weighted by Gasteiger charge is 2.31. The normalized spacial score (nSPS) is 12.5. The van der Waals surface area contributed by atoms with Gasteiger partial charge in [-0.05, 0) is 26.1 Å². The number of H-pyrrole nitrogens is 1. The zero-order valence-corrected chi connectivity index (χ0v) is 8.45. The summed E-state index contributed by atoms with van der Waals surface area (Å²) in [7, 11) is 0. The van der Waals surface area contributed by atoms with E-state index in [1.54, 1.807) is 13.8 Å². The molecule has 0 saturated heterocycles. The fourth-order valence-electron chi connectivity index (χ4n) is 1.09. The number of nitrogens with zero attached hydrogens (tertiary/aromatic N) is 2. The first-order valence-electron chi connectivity index (χ1n) is 3.89. The van der Waals surface area contributed by atoms with Gasteiger partial charge in [0.25, 0.3) is 0 Å². The number of nitrogens with one attached hydrogen (secondary N) is 1. The molecule has 0 aliphatic rings. The second-order valence-corrected chi connectivity index (χ2v) is 3.59.